The van der Waals surface area contributed by atoms with Gasteiger partial charge < -0.3 is 16.0 Å². The van der Waals surface area contributed by atoms with Gasteiger partial charge in [0.05, 0.1) is 29.7 Å². The molecule has 10 nitrogen and oxygen atoms in total. The molecule has 1 fully saturated rings. The molecule has 4 N–H and O–H groups in total. The van der Waals surface area contributed by atoms with E-state index >= 15 is 0 Å². The first-order valence-corrected chi connectivity index (χ1v) is 9.19. The highest BCUT2D eigenvalue weighted by Gasteiger charge is 2.32. The van der Waals surface area contributed by atoms with E-state index in [2.05, 4.69) is 25.5 Å². The third kappa shape index (κ3) is 3.77. The summed E-state index contributed by atoms with van der Waals surface area (Å²) in [7, 11) is 0. The largest absolute Gasteiger partial charge is 0.366 e. The van der Waals surface area contributed by atoms with Gasteiger partial charge in [-0.25, -0.2) is 4.98 Å². The van der Waals surface area contributed by atoms with Crippen molar-refractivity contribution in [3.63, 3.8) is 0 Å². The molecule has 0 unspecified atom stereocenters. The fourth-order valence-corrected chi connectivity index (χ4v) is 3.52. The van der Waals surface area contributed by atoms with Crippen LogP contribution in [0.15, 0.2) is 36.9 Å². The zero-order chi connectivity index (χ0) is 20.4. The number of anilines is 1. The highest BCUT2D eigenvalue weighted by Crippen LogP contribution is 2.31. The molecule has 0 radical (unpaired) electrons. The van der Waals surface area contributed by atoms with Crippen LogP contribution in [0.25, 0.3) is 11.0 Å². The number of nitrogens with two attached hydrogens (primary N) is 1. The van der Waals surface area contributed by atoms with Crippen LogP contribution in [0.5, 0.6) is 0 Å². The summed E-state index contributed by atoms with van der Waals surface area (Å²) in [6.07, 6.45) is 8.52. The Kier molecular flexibility index (Phi) is 4.90. The average Bonchev–Trinajstić information content (AvgIpc) is 3.21. The smallest absolute Gasteiger partial charge is 0.313 e. The SMILES string of the molecule is NC(=O)c1cncc(NC(=O)C(=O)N2CCCC[C@H]2c2cnc3[nH]ncc3c2)c1. The number of primary amides is 1. The number of carbonyl (C=O) groups is 3. The number of aromatic amines is 1. The minimum Gasteiger partial charge on any atom is -0.366 e. The standard InChI is InChI=1S/C19H19N7O3/c20-16(27)12-6-14(10-21-7-12)24-18(28)19(29)26-4-2-1-3-15(26)11-5-13-9-23-25-17(13)22-8-11/h5-10,15H,1-4H2,(H2,20,27)(H,24,28)(H,22,23,25)/t15-/m0/s1. The number of nitrogens with zero attached hydrogens (tertiary/aromatic N) is 4. The molecule has 4 heterocycles. The lowest BCUT2D eigenvalue weighted by Gasteiger charge is -2.35. The summed E-state index contributed by atoms with van der Waals surface area (Å²) < 4.78 is 0. The Morgan fingerprint density at radius 2 is 2.00 bits per heavy atom. The van der Waals surface area contributed by atoms with Gasteiger partial charge in [0.2, 0.25) is 5.91 Å². The number of piperidine rings is 1. The van der Waals surface area contributed by atoms with E-state index < -0.39 is 17.7 Å². The first-order chi connectivity index (χ1) is 14.0. The molecule has 0 spiro atoms. The lowest BCUT2D eigenvalue weighted by Crippen LogP contribution is -2.44. The maximum Gasteiger partial charge on any atom is 0.313 e. The van der Waals surface area contributed by atoms with E-state index in [1.54, 1.807) is 17.3 Å². The van der Waals surface area contributed by atoms with Gasteiger partial charge in [0, 0.05) is 24.3 Å². The van der Waals surface area contributed by atoms with E-state index in [0.717, 1.165) is 30.2 Å². The van der Waals surface area contributed by atoms with Gasteiger partial charge in [-0.2, -0.15) is 5.10 Å². The third-order valence-electron chi connectivity index (χ3n) is 4.94. The predicted molar refractivity (Wildman–Crippen MR) is 104 cm³/mol. The number of pyridine rings is 2. The number of fused-ring (bicyclic) bond motifs is 1. The van der Waals surface area contributed by atoms with Crippen LogP contribution in [0, 0.1) is 0 Å². The number of hydrogen-bond donors (Lipinski definition) is 3. The summed E-state index contributed by atoms with van der Waals surface area (Å²) in [5.74, 6) is -2.11. The number of aromatic nitrogens is 4. The first kappa shape index (κ1) is 18.5. The van der Waals surface area contributed by atoms with E-state index in [9.17, 15) is 14.4 Å². The molecule has 29 heavy (non-hydrogen) atoms. The Morgan fingerprint density at radius 3 is 2.83 bits per heavy atom. The van der Waals surface area contributed by atoms with Crippen LogP contribution in [0.3, 0.4) is 0 Å². The van der Waals surface area contributed by atoms with Crippen LogP contribution in [0.1, 0.15) is 41.2 Å². The molecule has 1 saturated heterocycles. The van der Waals surface area contributed by atoms with Crippen molar-refractivity contribution in [3.8, 4) is 0 Å². The normalized spacial score (nSPS) is 16.6. The van der Waals surface area contributed by atoms with Gasteiger partial charge in [0.1, 0.15) is 0 Å². The summed E-state index contributed by atoms with van der Waals surface area (Å²) in [5, 5.41) is 10.1. The Bertz CT molecular complexity index is 1090. The van der Waals surface area contributed by atoms with Crippen LogP contribution in [0.4, 0.5) is 5.69 Å². The highest BCUT2D eigenvalue weighted by atomic mass is 16.2. The first-order valence-electron chi connectivity index (χ1n) is 9.19. The van der Waals surface area contributed by atoms with Gasteiger partial charge in [-0.15, -0.1) is 0 Å². The summed E-state index contributed by atoms with van der Waals surface area (Å²) >= 11 is 0. The maximum absolute atomic E-state index is 12.9. The van der Waals surface area contributed by atoms with Gasteiger partial charge in [0.15, 0.2) is 5.65 Å². The van der Waals surface area contributed by atoms with Crippen LogP contribution in [-0.4, -0.2) is 49.3 Å². The van der Waals surface area contributed by atoms with Gasteiger partial charge in [0.25, 0.3) is 0 Å². The number of likely N-dealkylation sites (tertiary alicyclic amines) is 1. The molecule has 0 bridgehead atoms. The van der Waals surface area contributed by atoms with Crippen molar-refractivity contribution in [3.05, 3.63) is 48.0 Å². The van der Waals surface area contributed by atoms with Crippen LogP contribution in [-0.2, 0) is 9.59 Å². The van der Waals surface area contributed by atoms with Crippen LogP contribution in [0.2, 0.25) is 0 Å². The molecule has 1 aliphatic heterocycles. The summed E-state index contributed by atoms with van der Waals surface area (Å²) in [4.78, 5) is 46.5. The number of amides is 3. The van der Waals surface area contributed by atoms with Gasteiger partial charge in [-0.3, -0.25) is 24.5 Å². The topological polar surface area (TPSA) is 147 Å². The second-order valence-corrected chi connectivity index (χ2v) is 6.87. The molecule has 0 saturated carbocycles. The lowest BCUT2D eigenvalue weighted by molar-refractivity contribution is -0.145. The summed E-state index contributed by atoms with van der Waals surface area (Å²) in [5.41, 5.74) is 7.13. The van der Waals surface area contributed by atoms with Crippen molar-refractivity contribution in [1.82, 2.24) is 25.1 Å². The van der Waals surface area contributed by atoms with Crippen LogP contribution >= 0.6 is 0 Å². The molecule has 0 aliphatic carbocycles. The Balaban J connectivity index is 1.54. The van der Waals surface area contributed by atoms with Crippen molar-refractivity contribution < 1.29 is 14.4 Å². The summed E-state index contributed by atoms with van der Waals surface area (Å²) in [6, 6.07) is 3.06. The zero-order valence-corrected chi connectivity index (χ0v) is 15.5. The second kappa shape index (κ2) is 7.66. The molecule has 148 valence electrons. The molecular weight excluding hydrogens is 374 g/mol. The van der Waals surface area contributed by atoms with Crippen molar-refractivity contribution >= 4 is 34.4 Å². The highest BCUT2D eigenvalue weighted by molar-refractivity contribution is 6.39. The van der Waals surface area contributed by atoms with Crippen molar-refractivity contribution in [2.24, 2.45) is 5.73 Å². The van der Waals surface area contributed by atoms with Crippen molar-refractivity contribution in [1.29, 1.82) is 0 Å². The monoisotopic (exact) mass is 393 g/mol. The van der Waals surface area contributed by atoms with Gasteiger partial charge in [-0.1, -0.05) is 0 Å². The zero-order valence-electron chi connectivity index (χ0n) is 15.5. The van der Waals surface area contributed by atoms with Crippen molar-refractivity contribution in [2.75, 3.05) is 11.9 Å². The minimum absolute atomic E-state index is 0.144. The minimum atomic E-state index is -0.794. The number of rotatable bonds is 3. The molecule has 1 aliphatic rings. The number of carbonyl (C=O) groups excluding carboxylic acids is 3. The predicted octanol–water partition coefficient (Wildman–Crippen LogP) is 1.14. The molecule has 3 aromatic heterocycles. The molecule has 10 heteroatoms. The van der Waals surface area contributed by atoms with E-state index in [0.29, 0.717) is 12.2 Å². The van der Waals surface area contributed by atoms with Gasteiger partial charge in [-0.05, 0) is 37.0 Å². The van der Waals surface area contributed by atoms with E-state index in [1.165, 1.54) is 18.5 Å². The summed E-state index contributed by atoms with van der Waals surface area (Å²) in [6.45, 7) is 0.472. The molecule has 3 amide bonds. The van der Waals surface area contributed by atoms with Crippen LogP contribution < -0.4 is 11.1 Å². The van der Waals surface area contributed by atoms with E-state index in [-0.39, 0.29) is 17.3 Å². The molecule has 3 aromatic rings. The molecule has 4 rings (SSSR count). The van der Waals surface area contributed by atoms with E-state index in [1.807, 2.05) is 6.07 Å². The molecule has 1 atom stereocenters. The molecule has 0 aromatic carbocycles. The Labute approximate surface area is 165 Å². The lowest BCUT2D eigenvalue weighted by atomic mass is 9.95. The molecular formula is C19H19N7O3. The van der Waals surface area contributed by atoms with Crippen molar-refractivity contribution in [2.45, 2.75) is 25.3 Å². The average molecular weight is 393 g/mol. The van der Waals surface area contributed by atoms with Gasteiger partial charge >= 0.3 is 11.8 Å². The number of hydrogen-bond acceptors (Lipinski definition) is 6. The number of nitrogens with one attached hydrogen (secondary N) is 2. The Morgan fingerprint density at radius 1 is 1.14 bits per heavy atom. The number of H-pyrrole nitrogens is 1. The Hall–Kier alpha value is -3.82. The fraction of sp³-hybridized carbons (Fsp3) is 0.263. The quantitative estimate of drug-likeness (QED) is 0.569. The van der Waals surface area contributed by atoms with E-state index in [4.69, 9.17) is 5.73 Å². The fourth-order valence-electron chi connectivity index (χ4n) is 3.52. The second-order valence-electron chi connectivity index (χ2n) is 6.87. The third-order valence-corrected chi connectivity index (χ3v) is 4.94. The maximum atomic E-state index is 12.9.